The Balaban J connectivity index is 2.09. The highest BCUT2D eigenvalue weighted by Crippen LogP contribution is 2.22. The van der Waals surface area contributed by atoms with E-state index in [1.807, 2.05) is 43.3 Å². The summed E-state index contributed by atoms with van der Waals surface area (Å²) in [6.07, 6.45) is -0.674. The van der Waals surface area contributed by atoms with Gasteiger partial charge in [-0.05, 0) is 36.2 Å². The molecule has 2 aromatic carbocycles. The van der Waals surface area contributed by atoms with Crippen LogP contribution in [0.5, 0.6) is 5.75 Å². The van der Waals surface area contributed by atoms with E-state index in [1.165, 1.54) is 0 Å². The molecule has 4 heteroatoms. The van der Waals surface area contributed by atoms with Gasteiger partial charge in [-0.2, -0.15) is 5.26 Å². The third-order valence-corrected chi connectivity index (χ3v) is 3.35. The Morgan fingerprint density at radius 1 is 1.29 bits per heavy atom. The highest BCUT2D eigenvalue weighted by Gasteiger charge is 2.10. The van der Waals surface area contributed by atoms with Crippen molar-refractivity contribution in [1.29, 1.82) is 5.26 Å². The van der Waals surface area contributed by atoms with Gasteiger partial charge in [-0.1, -0.05) is 24.3 Å². The number of aliphatic hydroxyl groups is 1. The van der Waals surface area contributed by atoms with E-state index in [2.05, 4.69) is 11.4 Å². The SMILES string of the molecule is COc1cccc(C(O)CNc2cccc(C)c2C#N)c1. The second kappa shape index (κ2) is 6.78. The standard InChI is InChI=1S/C17H18N2O2/c1-12-5-3-8-16(15(12)10-18)19-11-17(20)13-6-4-7-14(9-13)21-2/h3-9,17,19-20H,11H2,1-2H3. The number of aliphatic hydroxyl groups excluding tert-OH is 1. The molecule has 0 fully saturated rings. The predicted molar refractivity (Wildman–Crippen MR) is 82.3 cm³/mol. The minimum atomic E-state index is -0.674. The molecule has 1 atom stereocenters. The molecule has 1 unspecified atom stereocenters. The first-order valence-corrected chi connectivity index (χ1v) is 6.71. The number of hydrogen-bond acceptors (Lipinski definition) is 4. The summed E-state index contributed by atoms with van der Waals surface area (Å²) in [7, 11) is 1.59. The zero-order valence-corrected chi connectivity index (χ0v) is 12.1. The van der Waals surface area contributed by atoms with Crippen LogP contribution in [0.2, 0.25) is 0 Å². The highest BCUT2D eigenvalue weighted by atomic mass is 16.5. The van der Waals surface area contributed by atoms with Crippen molar-refractivity contribution in [1.82, 2.24) is 0 Å². The van der Waals surface area contributed by atoms with Gasteiger partial charge >= 0.3 is 0 Å². The zero-order valence-electron chi connectivity index (χ0n) is 12.1. The number of nitriles is 1. The molecule has 0 heterocycles. The molecule has 0 spiro atoms. The number of nitrogens with one attached hydrogen (secondary N) is 1. The van der Waals surface area contributed by atoms with E-state index >= 15 is 0 Å². The lowest BCUT2D eigenvalue weighted by atomic mass is 10.1. The Kier molecular flexibility index (Phi) is 4.81. The maximum absolute atomic E-state index is 10.2. The predicted octanol–water partition coefficient (Wildman–Crippen LogP) is 3.02. The lowest BCUT2D eigenvalue weighted by Crippen LogP contribution is -2.13. The number of methoxy groups -OCH3 is 1. The fraction of sp³-hybridized carbons (Fsp3) is 0.235. The summed E-state index contributed by atoms with van der Waals surface area (Å²) in [4.78, 5) is 0. The second-order valence-corrected chi connectivity index (χ2v) is 4.78. The van der Waals surface area contributed by atoms with Crippen LogP contribution in [0.4, 0.5) is 5.69 Å². The van der Waals surface area contributed by atoms with Gasteiger partial charge in [-0.3, -0.25) is 0 Å². The topological polar surface area (TPSA) is 65.3 Å². The second-order valence-electron chi connectivity index (χ2n) is 4.78. The molecule has 0 saturated heterocycles. The third kappa shape index (κ3) is 3.53. The van der Waals surface area contributed by atoms with Crippen LogP contribution in [0.3, 0.4) is 0 Å². The molecule has 21 heavy (non-hydrogen) atoms. The Morgan fingerprint density at radius 2 is 2.05 bits per heavy atom. The number of rotatable bonds is 5. The average Bonchev–Trinajstić information content (AvgIpc) is 2.52. The molecule has 0 bridgehead atoms. The summed E-state index contributed by atoms with van der Waals surface area (Å²) < 4.78 is 5.15. The lowest BCUT2D eigenvalue weighted by Gasteiger charge is -2.15. The van der Waals surface area contributed by atoms with Crippen LogP contribution in [0.15, 0.2) is 42.5 Å². The van der Waals surface area contributed by atoms with Crippen LogP contribution >= 0.6 is 0 Å². The minimum absolute atomic E-state index is 0.325. The van der Waals surface area contributed by atoms with Crippen LogP contribution in [0.1, 0.15) is 22.8 Å². The van der Waals surface area contributed by atoms with Crippen molar-refractivity contribution in [3.05, 3.63) is 59.2 Å². The van der Waals surface area contributed by atoms with Crippen molar-refractivity contribution in [2.24, 2.45) is 0 Å². The van der Waals surface area contributed by atoms with Crippen LogP contribution in [-0.2, 0) is 0 Å². The number of benzene rings is 2. The lowest BCUT2D eigenvalue weighted by molar-refractivity contribution is 0.191. The quantitative estimate of drug-likeness (QED) is 0.884. The van der Waals surface area contributed by atoms with E-state index in [1.54, 1.807) is 13.2 Å². The van der Waals surface area contributed by atoms with Crippen molar-refractivity contribution >= 4 is 5.69 Å². The van der Waals surface area contributed by atoms with E-state index in [-0.39, 0.29) is 0 Å². The molecule has 0 aliphatic heterocycles. The Labute approximate surface area is 124 Å². The van der Waals surface area contributed by atoms with Crippen molar-refractivity contribution in [3.8, 4) is 11.8 Å². The van der Waals surface area contributed by atoms with Crippen LogP contribution in [0.25, 0.3) is 0 Å². The van der Waals surface area contributed by atoms with Crippen molar-refractivity contribution in [2.75, 3.05) is 19.0 Å². The normalized spacial score (nSPS) is 11.5. The molecule has 0 radical (unpaired) electrons. The first-order valence-electron chi connectivity index (χ1n) is 6.71. The maximum Gasteiger partial charge on any atom is 0.119 e. The van der Waals surface area contributed by atoms with Gasteiger partial charge in [0.2, 0.25) is 0 Å². The van der Waals surface area contributed by atoms with Gasteiger partial charge in [0, 0.05) is 6.54 Å². The van der Waals surface area contributed by atoms with Gasteiger partial charge in [-0.15, -0.1) is 0 Å². The van der Waals surface area contributed by atoms with Gasteiger partial charge < -0.3 is 15.2 Å². The van der Waals surface area contributed by atoms with Crippen molar-refractivity contribution in [2.45, 2.75) is 13.0 Å². The number of aryl methyl sites for hydroxylation is 1. The molecule has 0 aromatic heterocycles. The van der Waals surface area contributed by atoms with Crippen molar-refractivity contribution < 1.29 is 9.84 Å². The molecular formula is C17H18N2O2. The third-order valence-electron chi connectivity index (χ3n) is 3.35. The molecular weight excluding hydrogens is 264 g/mol. The fourth-order valence-electron chi connectivity index (χ4n) is 2.14. The summed E-state index contributed by atoms with van der Waals surface area (Å²) in [6.45, 7) is 2.22. The summed E-state index contributed by atoms with van der Waals surface area (Å²) in [5.41, 5.74) is 3.03. The molecule has 0 amide bonds. The first-order chi connectivity index (χ1) is 10.2. The summed E-state index contributed by atoms with van der Waals surface area (Å²) in [5, 5.41) is 22.5. The van der Waals surface area contributed by atoms with Gasteiger partial charge in [0.25, 0.3) is 0 Å². The molecule has 2 N–H and O–H groups in total. The molecule has 0 aliphatic carbocycles. The molecule has 0 saturated carbocycles. The number of hydrogen-bond donors (Lipinski definition) is 2. The molecule has 0 aliphatic rings. The van der Waals surface area contributed by atoms with Crippen LogP contribution < -0.4 is 10.1 Å². The molecule has 2 rings (SSSR count). The Morgan fingerprint density at radius 3 is 2.76 bits per heavy atom. The summed E-state index contributed by atoms with van der Waals surface area (Å²) >= 11 is 0. The fourth-order valence-corrected chi connectivity index (χ4v) is 2.14. The van der Waals surface area contributed by atoms with Crippen molar-refractivity contribution in [3.63, 3.8) is 0 Å². The molecule has 4 nitrogen and oxygen atoms in total. The van der Waals surface area contributed by atoms with Gasteiger partial charge in [0.05, 0.1) is 24.5 Å². The van der Waals surface area contributed by atoms with E-state index in [4.69, 9.17) is 4.74 Å². The monoisotopic (exact) mass is 282 g/mol. The van der Waals surface area contributed by atoms with E-state index in [0.29, 0.717) is 17.9 Å². The van der Waals surface area contributed by atoms with Gasteiger partial charge in [0.1, 0.15) is 11.8 Å². The largest absolute Gasteiger partial charge is 0.497 e. The molecule has 2 aromatic rings. The Hall–Kier alpha value is -2.51. The number of nitrogens with zero attached hydrogens (tertiary/aromatic N) is 1. The first kappa shape index (κ1) is 14.9. The van der Waals surface area contributed by atoms with Gasteiger partial charge in [0.15, 0.2) is 0 Å². The average molecular weight is 282 g/mol. The Bertz CT molecular complexity index is 662. The van der Waals surface area contributed by atoms with E-state index < -0.39 is 6.10 Å². The van der Waals surface area contributed by atoms with E-state index in [9.17, 15) is 10.4 Å². The minimum Gasteiger partial charge on any atom is -0.497 e. The summed E-state index contributed by atoms with van der Waals surface area (Å²) in [5.74, 6) is 0.708. The number of ether oxygens (including phenoxy) is 1. The van der Waals surface area contributed by atoms with Crippen LogP contribution in [0, 0.1) is 18.3 Å². The molecule has 108 valence electrons. The van der Waals surface area contributed by atoms with E-state index in [0.717, 1.165) is 16.8 Å². The number of anilines is 1. The smallest absolute Gasteiger partial charge is 0.119 e. The highest BCUT2D eigenvalue weighted by molar-refractivity contribution is 5.60. The summed E-state index contributed by atoms with van der Waals surface area (Å²) in [6, 6.07) is 15.1. The zero-order chi connectivity index (χ0) is 15.2. The van der Waals surface area contributed by atoms with Crippen LogP contribution in [-0.4, -0.2) is 18.8 Å². The maximum atomic E-state index is 10.2. The van der Waals surface area contributed by atoms with Gasteiger partial charge in [-0.25, -0.2) is 0 Å².